The van der Waals surface area contributed by atoms with E-state index < -0.39 is 0 Å². The monoisotopic (exact) mass is 271 g/mol. The number of rotatable bonds is 8. The highest BCUT2D eigenvalue weighted by Crippen LogP contribution is 2.36. The largest absolute Gasteiger partial charge is 0.351 e. The number of likely N-dealkylation sites (N-methyl/N-ethyl adjacent to an activating group) is 1. The molecule has 1 fully saturated rings. The summed E-state index contributed by atoms with van der Waals surface area (Å²) in [5, 5.41) is 3.61. The summed E-state index contributed by atoms with van der Waals surface area (Å²) in [4.78, 5) is 0. The van der Waals surface area contributed by atoms with Gasteiger partial charge in [0, 0.05) is 13.2 Å². The fraction of sp³-hybridized carbons (Fsp3) is 1.00. The van der Waals surface area contributed by atoms with E-state index in [0.717, 1.165) is 18.4 Å². The molecule has 1 saturated carbocycles. The standard InChI is InChI=1S/C16H33NO2/c1-6-17-15(16(18-7-2)19-8-3)14-10-12(4)9-13(5)11-14/h12-17H,6-11H2,1-5H3. The molecule has 0 bridgehead atoms. The lowest BCUT2D eigenvalue weighted by Crippen LogP contribution is -2.49. The molecule has 1 aliphatic rings. The van der Waals surface area contributed by atoms with Crippen molar-refractivity contribution in [3.8, 4) is 0 Å². The first-order valence-corrected chi connectivity index (χ1v) is 8.08. The van der Waals surface area contributed by atoms with Crippen molar-refractivity contribution in [2.75, 3.05) is 19.8 Å². The summed E-state index contributed by atoms with van der Waals surface area (Å²) in [5.41, 5.74) is 0. The number of nitrogens with one attached hydrogen (secondary N) is 1. The van der Waals surface area contributed by atoms with Crippen LogP contribution in [0.1, 0.15) is 53.9 Å². The van der Waals surface area contributed by atoms with Gasteiger partial charge >= 0.3 is 0 Å². The molecule has 0 aromatic rings. The Morgan fingerprint density at radius 2 is 1.47 bits per heavy atom. The Hall–Kier alpha value is -0.120. The number of ether oxygens (including phenoxy) is 2. The second-order valence-corrected chi connectivity index (χ2v) is 6.04. The number of hydrogen-bond donors (Lipinski definition) is 1. The van der Waals surface area contributed by atoms with E-state index in [1.165, 1.54) is 19.3 Å². The summed E-state index contributed by atoms with van der Waals surface area (Å²) < 4.78 is 11.7. The summed E-state index contributed by atoms with van der Waals surface area (Å²) in [6.45, 7) is 13.4. The van der Waals surface area contributed by atoms with Crippen molar-refractivity contribution in [1.29, 1.82) is 0 Å². The molecule has 3 unspecified atom stereocenters. The molecule has 1 N–H and O–H groups in total. The Bertz CT molecular complexity index is 219. The van der Waals surface area contributed by atoms with Crippen LogP contribution in [0.4, 0.5) is 0 Å². The van der Waals surface area contributed by atoms with E-state index in [4.69, 9.17) is 9.47 Å². The van der Waals surface area contributed by atoms with Gasteiger partial charge in [-0.1, -0.05) is 20.8 Å². The normalized spacial score (nSPS) is 29.7. The van der Waals surface area contributed by atoms with Gasteiger partial charge in [0.2, 0.25) is 0 Å². The zero-order valence-corrected chi connectivity index (χ0v) is 13.4. The van der Waals surface area contributed by atoms with Gasteiger partial charge in [0.05, 0.1) is 6.04 Å². The van der Waals surface area contributed by atoms with E-state index in [1.807, 2.05) is 13.8 Å². The highest BCUT2D eigenvalue weighted by molar-refractivity contribution is 4.86. The van der Waals surface area contributed by atoms with Gasteiger partial charge in [-0.15, -0.1) is 0 Å². The second kappa shape index (κ2) is 8.93. The first-order valence-electron chi connectivity index (χ1n) is 8.08. The van der Waals surface area contributed by atoms with Crippen molar-refractivity contribution in [2.45, 2.75) is 66.2 Å². The van der Waals surface area contributed by atoms with Gasteiger partial charge in [0.25, 0.3) is 0 Å². The Balaban J connectivity index is 2.72. The van der Waals surface area contributed by atoms with E-state index >= 15 is 0 Å². The summed E-state index contributed by atoms with van der Waals surface area (Å²) >= 11 is 0. The van der Waals surface area contributed by atoms with E-state index in [-0.39, 0.29) is 6.29 Å². The maximum Gasteiger partial charge on any atom is 0.172 e. The van der Waals surface area contributed by atoms with Crippen molar-refractivity contribution in [1.82, 2.24) is 5.32 Å². The van der Waals surface area contributed by atoms with Crippen LogP contribution in [0.3, 0.4) is 0 Å². The molecule has 0 aliphatic heterocycles. The molecule has 0 aromatic heterocycles. The lowest BCUT2D eigenvalue weighted by atomic mass is 9.73. The predicted octanol–water partition coefficient (Wildman–Crippen LogP) is 3.44. The molecular weight excluding hydrogens is 238 g/mol. The van der Waals surface area contributed by atoms with Crippen LogP contribution in [0.15, 0.2) is 0 Å². The third-order valence-corrected chi connectivity index (χ3v) is 4.12. The predicted molar refractivity (Wildman–Crippen MR) is 80.2 cm³/mol. The molecule has 0 amide bonds. The van der Waals surface area contributed by atoms with Gasteiger partial charge in [-0.05, 0) is 57.4 Å². The molecule has 0 saturated heterocycles. The van der Waals surface area contributed by atoms with Crippen LogP contribution in [0.2, 0.25) is 0 Å². The zero-order valence-electron chi connectivity index (χ0n) is 13.4. The van der Waals surface area contributed by atoms with Crippen molar-refractivity contribution in [3.05, 3.63) is 0 Å². The second-order valence-electron chi connectivity index (χ2n) is 6.04. The van der Waals surface area contributed by atoms with Crippen molar-refractivity contribution in [3.63, 3.8) is 0 Å². The minimum absolute atomic E-state index is 0.0996. The average molecular weight is 271 g/mol. The van der Waals surface area contributed by atoms with Gasteiger partial charge in [-0.25, -0.2) is 0 Å². The van der Waals surface area contributed by atoms with Gasteiger partial charge < -0.3 is 14.8 Å². The fourth-order valence-corrected chi connectivity index (χ4v) is 3.61. The molecule has 0 aromatic carbocycles. The molecule has 114 valence electrons. The first kappa shape index (κ1) is 16.9. The van der Waals surface area contributed by atoms with Gasteiger partial charge in [0.1, 0.15) is 0 Å². The molecule has 0 heterocycles. The maximum absolute atomic E-state index is 5.84. The summed E-state index contributed by atoms with van der Waals surface area (Å²) in [7, 11) is 0. The molecule has 3 heteroatoms. The topological polar surface area (TPSA) is 30.5 Å². The molecule has 3 atom stereocenters. The van der Waals surface area contributed by atoms with Crippen LogP contribution in [0.5, 0.6) is 0 Å². The van der Waals surface area contributed by atoms with Gasteiger partial charge in [-0.2, -0.15) is 0 Å². The fourth-order valence-electron chi connectivity index (χ4n) is 3.61. The third-order valence-electron chi connectivity index (χ3n) is 4.12. The van der Waals surface area contributed by atoms with Crippen LogP contribution < -0.4 is 5.32 Å². The molecule has 1 aliphatic carbocycles. The zero-order chi connectivity index (χ0) is 14.3. The van der Waals surface area contributed by atoms with Crippen molar-refractivity contribution in [2.24, 2.45) is 17.8 Å². The highest BCUT2D eigenvalue weighted by atomic mass is 16.7. The Labute approximate surface area is 119 Å². The SMILES string of the molecule is CCNC(C1CC(C)CC(C)C1)C(OCC)OCC. The van der Waals surface area contributed by atoms with E-state index in [0.29, 0.717) is 25.2 Å². The van der Waals surface area contributed by atoms with Crippen LogP contribution in [0, 0.1) is 17.8 Å². The third kappa shape index (κ3) is 5.41. The van der Waals surface area contributed by atoms with Crippen molar-refractivity contribution < 1.29 is 9.47 Å². The molecular formula is C16H33NO2. The van der Waals surface area contributed by atoms with E-state index in [1.54, 1.807) is 0 Å². The molecule has 0 spiro atoms. The highest BCUT2D eigenvalue weighted by Gasteiger charge is 2.34. The smallest absolute Gasteiger partial charge is 0.172 e. The first-order chi connectivity index (χ1) is 9.12. The maximum atomic E-state index is 5.84. The lowest BCUT2D eigenvalue weighted by Gasteiger charge is -2.39. The minimum Gasteiger partial charge on any atom is -0.351 e. The lowest BCUT2D eigenvalue weighted by molar-refractivity contribution is -0.166. The quantitative estimate of drug-likeness (QED) is 0.686. The van der Waals surface area contributed by atoms with Crippen molar-refractivity contribution >= 4 is 0 Å². The molecule has 19 heavy (non-hydrogen) atoms. The Kier molecular flexibility index (Phi) is 7.96. The summed E-state index contributed by atoms with van der Waals surface area (Å²) in [5.74, 6) is 2.31. The van der Waals surface area contributed by atoms with Crippen LogP contribution in [-0.4, -0.2) is 32.1 Å². The molecule has 3 nitrogen and oxygen atoms in total. The van der Waals surface area contributed by atoms with Gasteiger partial charge in [0.15, 0.2) is 6.29 Å². The summed E-state index contributed by atoms with van der Waals surface area (Å²) in [6, 6.07) is 0.329. The Morgan fingerprint density at radius 3 is 1.89 bits per heavy atom. The van der Waals surface area contributed by atoms with Gasteiger partial charge in [-0.3, -0.25) is 0 Å². The van der Waals surface area contributed by atoms with E-state index in [9.17, 15) is 0 Å². The molecule has 0 radical (unpaired) electrons. The molecule has 1 rings (SSSR count). The minimum atomic E-state index is -0.0996. The van der Waals surface area contributed by atoms with E-state index in [2.05, 4.69) is 26.1 Å². The van der Waals surface area contributed by atoms with Crippen LogP contribution in [0.25, 0.3) is 0 Å². The number of hydrogen-bond acceptors (Lipinski definition) is 3. The van der Waals surface area contributed by atoms with Crippen LogP contribution in [-0.2, 0) is 9.47 Å². The van der Waals surface area contributed by atoms with Crippen LogP contribution >= 0.6 is 0 Å². The Morgan fingerprint density at radius 1 is 0.947 bits per heavy atom. The summed E-state index contributed by atoms with van der Waals surface area (Å²) in [6.07, 6.45) is 3.85. The average Bonchev–Trinajstić information content (AvgIpc) is 2.34.